The van der Waals surface area contributed by atoms with Crippen molar-refractivity contribution in [2.24, 2.45) is 0 Å². The van der Waals surface area contributed by atoms with Gasteiger partial charge in [-0.05, 0) is 37.3 Å². The van der Waals surface area contributed by atoms with Crippen LogP contribution in [0.1, 0.15) is 42.1 Å². The lowest BCUT2D eigenvalue weighted by atomic mass is 9.98. The number of carbonyl (C=O) groups is 1. The van der Waals surface area contributed by atoms with Gasteiger partial charge in [-0.1, -0.05) is 25.1 Å². The first-order valence-electron chi connectivity index (χ1n) is 6.06. The Morgan fingerprint density at radius 1 is 1.44 bits per heavy atom. The summed E-state index contributed by atoms with van der Waals surface area (Å²) in [6.45, 7) is 2.82. The third kappa shape index (κ3) is 2.50. The van der Waals surface area contributed by atoms with Gasteiger partial charge in [-0.2, -0.15) is 0 Å². The lowest BCUT2D eigenvalue weighted by Gasteiger charge is -2.21. The molecule has 2 rings (SSSR count). The molecule has 0 aromatic heterocycles. The highest BCUT2D eigenvalue weighted by atomic mass is 16.5. The molecule has 1 aliphatic heterocycles. The average Bonchev–Trinajstić information content (AvgIpc) is 2.39. The first-order valence-corrected chi connectivity index (χ1v) is 6.06. The van der Waals surface area contributed by atoms with Crippen LogP contribution in [0.15, 0.2) is 24.3 Å². The number of ketones is 1. The summed E-state index contributed by atoms with van der Waals surface area (Å²) in [5.41, 5.74) is 2.01. The summed E-state index contributed by atoms with van der Waals surface area (Å²) in [5, 5.41) is 0. The van der Waals surface area contributed by atoms with E-state index >= 15 is 0 Å². The number of rotatable bonds is 3. The molecule has 86 valence electrons. The molecule has 0 N–H and O–H groups in total. The zero-order chi connectivity index (χ0) is 11.4. The molecule has 1 heterocycles. The second kappa shape index (κ2) is 5.26. The van der Waals surface area contributed by atoms with Crippen molar-refractivity contribution in [1.29, 1.82) is 0 Å². The molecular weight excluding hydrogens is 200 g/mol. The number of ether oxygens (including phenoxy) is 1. The number of hydrogen-bond acceptors (Lipinski definition) is 2. The number of carbonyl (C=O) groups excluding carboxylic acids is 1. The van der Waals surface area contributed by atoms with Gasteiger partial charge in [-0.15, -0.1) is 0 Å². The third-order valence-corrected chi connectivity index (χ3v) is 3.09. The smallest absolute Gasteiger partial charge is 0.191 e. The Morgan fingerprint density at radius 3 is 3.00 bits per heavy atom. The standard InChI is InChI=1S/C14H18O2/c1-2-11-6-5-7-12(10-11)14(15)13-8-3-4-9-16-13/h5-7,10,13H,2-4,8-9H2,1H3. The molecule has 1 aliphatic rings. The Labute approximate surface area is 96.6 Å². The molecule has 16 heavy (non-hydrogen) atoms. The van der Waals surface area contributed by atoms with Gasteiger partial charge >= 0.3 is 0 Å². The molecular formula is C14H18O2. The first-order chi connectivity index (χ1) is 7.81. The summed E-state index contributed by atoms with van der Waals surface area (Å²) >= 11 is 0. The van der Waals surface area contributed by atoms with Crippen molar-refractivity contribution in [3.63, 3.8) is 0 Å². The van der Waals surface area contributed by atoms with Gasteiger partial charge in [0.1, 0.15) is 6.10 Å². The van der Waals surface area contributed by atoms with Gasteiger partial charge in [-0.3, -0.25) is 4.79 Å². The molecule has 0 bridgehead atoms. The molecule has 0 saturated carbocycles. The minimum absolute atomic E-state index is 0.148. The number of aryl methyl sites for hydroxylation is 1. The summed E-state index contributed by atoms with van der Waals surface area (Å²) in [7, 11) is 0. The number of Topliss-reactive ketones (excluding diaryl/α,β-unsaturated/α-hetero) is 1. The van der Waals surface area contributed by atoms with Crippen LogP contribution in [0.2, 0.25) is 0 Å². The Morgan fingerprint density at radius 2 is 2.31 bits per heavy atom. The SMILES string of the molecule is CCc1cccc(C(=O)C2CCCCO2)c1. The number of benzene rings is 1. The fourth-order valence-electron chi connectivity index (χ4n) is 2.08. The fourth-order valence-corrected chi connectivity index (χ4v) is 2.08. The van der Waals surface area contributed by atoms with Crippen LogP contribution in [0.3, 0.4) is 0 Å². The summed E-state index contributed by atoms with van der Waals surface area (Å²) in [6.07, 6.45) is 3.81. The maximum Gasteiger partial charge on any atom is 0.191 e. The molecule has 0 spiro atoms. The molecule has 1 fully saturated rings. The Hall–Kier alpha value is -1.15. The van der Waals surface area contributed by atoms with Crippen molar-refractivity contribution in [2.75, 3.05) is 6.61 Å². The minimum Gasteiger partial charge on any atom is -0.370 e. The van der Waals surface area contributed by atoms with Crippen molar-refractivity contribution >= 4 is 5.78 Å². The summed E-state index contributed by atoms with van der Waals surface area (Å²) in [6, 6.07) is 7.88. The lowest BCUT2D eigenvalue weighted by molar-refractivity contribution is 0.0186. The molecule has 1 unspecified atom stereocenters. The predicted molar refractivity (Wildman–Crippen MR) is 63.7 cm³/mol. The van der Waals surface area contributed by atoms with Gasteiger partial charge in [0, 0.05) is 12.2 Å². The topological polar surface area (TPSA) is 26.3 Å². The quantitative estimate of drug-likeness (QED) is 0.729. The normalized spacial score (nSPS) is 20.7. The molecule has 2 heteroatoms. The van der Waals surface area contributed by atoms with Gasteiger partial charge in [0.25, 0.3) is 0 Å². The summed E-state index contributed by atoms with van der Waals surface area (Å²) in [4.78, 5) is 12.1. The van der Waals surface area contributed by atoms with Crippen molar-refractivity contribution < 1.29 is 9.53 Å². The van der Waals surface area contributed by atoms with E-state index in [1.54, 1.807) is 0 Å². The Balaban J connectivity index is 2.12. The van der Waals surface area contributed by atoms with Crippen LogP contribution in [0, 0.1) is 0 Å². The van der Waals surface area contributed by atoms with Crippen molar-refractivity contribution in [2.45, 2.75) is 38.7 Å². The zero-order valence-electron chi connectivity index (χ0n) is 9.74. The van der Waals surface area contributed by atoms with E-state index in [0.29, 0.717) is 0 Å². The average molecular weight is 218 g/mol. The van der Waals surface area contributed by atoms with Crippen molar-refractivity contribution in [1.82, 2.24) is 0 Å². The summed E-state index contributed by atoms with van der Waals surface area (Å²) < 4.78 is 5.52. The van der Waals surface area contributed by atoms with Crippen molar-refractivity contribution in [3.05, 3.63) is 35.4 Å². The van der Waals surface area contributed by atoms with E-state index in [1.165, 1.54) is 5.56 Å². The monoisotopic (exact) mass is 218 g/mol. The van der Waals surface area contributed by atoms with E-state index in [2.05, 4.69) is 13.0 Å². The van der Waals surface area contributed by atoms with Crippen LogP contribution in [0.5, 0.6) is 0 Å². The Bertz CT molecular complexity index is 365. The van der Waals surface area contributed by atoms with Crippen LogP contribution >= 0.6 is 0 Å². The molecule has 1 saturated heterocycles. The third-order valence-electron chi connectivity index (χ3n) is 3.09. The van der Waals surface area contributed by atoms with E-state index in [0.717, 1.165) is 37.9 Å². The van der Waals surface area contributed by atoms with E-state index in [-0.39, 0.29) is 11.9 Å². The van der Waals surface area contributed by atoms with Crippen molar-refractivity contribution in [3.8, 4) is 0 Å². The molecule has 0 aliphatic carbocycles. The zero-order valence-corrected chi connectivity index (χ0v) is 9.74. The van der Waals surface area contributed by atoms with Crippen LogP contribution < -0.4 is 0 Å². The lowest BCUT2D eigenvalue weighted by Crippen LogP contribution is -2.28. The second-order valence-electron chi connectivity index (χ2n) is 4.27. The maximum atomic E-state index is 12.1. The van der Waals surface area contributed by atoms with Gasteiger partial charge < -0.3 is 4.74 Å². The van der Waals surface area contributed by atoms with E-state index in [4.69, 9.17) is 4.74 Å². The maximum absolute atomic E-state index is 12.1. The van der Waals surface area contributed by atoms with Crippen LogP contribution in [0.25, 0.3) is 0 Å². The molecule has 1 aromatic rings. The van der Waals surface area contributed by atoms with Gasteiger partial charge in [0.2, 0.25) is 0 Å². The van der Waals surface area contributed by atoms with E-state index < -0.39 is 0 Å². The van der Waals surface area contributed by atoms with Crippen LogP contribution in [-0.2, 0) is 11.2 Å². The van der Waals surface area contributed by atoms with Gasteiger partial charge in [-0.25, -0.2) is 0 Å². The molecule has 0 radical (unpaired) electrons. The highest BCUT2D eigenvalue weighted by molar-refractivity contribution is 5.99. The first kappa shape index (κ1) is 11.3. The molecule has 1 aromatic carbocycles. The highest BCUT2D eigenvalue weighted by Gasteiger charge is 2.22. The second-order valence-corrected chi connectivity index (χ2v) is 4.27. The molecule has 2 nitrogen and oxygen atoms in total. The predicted octanol–water partition coefficient (Wildman–Crippen LogP) is 3.00. The number of hydrogen-bond donors (Lipinski definition) is 0. The highest BCUT2D eigenvalue weighted by Crippen LogP contribution is 2.18. The summed E-state index contributed by atoms with van der Waals surface area (Å²) in [5.74, 6) is 0.148. The molecule has 1 atom stereocenters. The van der Waals surface area contributed by atoms with E-state index in [1.807, 2.05) is 18.2 Å². The van der Waals surface area contributed by atoms with Gasteiger partial charge in [0.05, 0.1) is 0 Å². The largest absolute Gasteiger partial charge is 0.370 e. The minimum atomic E-state index is -0.208. The molecule has 0 amide bonds. The van der Waals surface area contributed by atoms with Crippen LogP contribution in [0.4, 0.5) is 0 Å². The van der Waals surface area contributed by atoms with Gasteiger partial charge in [0.15, 0.2) is 5.78 Å². The Kier molecular flexibility index (Phi) is 3.73. The van der Waals surface area contributed by atoms with E-state index in [9.17, 15) is 4.79 Å². The van der Waals surface area contributed by atoms with Crippen LogP contribution in [-0.4, -0.2) is 18.5 Å². The fraction of sp³-hybridized carbons (Fsp3) is 0.500.